The molecule has 16 heavy (non-hydrogen) atoms. The third-order valence-electron chi connectivity index (χ3n) is 1.74. The van der Waals surface area contributed by atoms with Crippen molar-refractivity contribution in [2.24, 2.45) is 0 Å². The van der Waals surface area contributed by atoms with Gasteiger partial charge in [0, 0.05) is 6.20 Å². The van der Waals surface area contributed by atoms with Crippen LogP contribution in [0.5, 0.6) is 0 Å². The highest BCUT2D eigenvalue weighted by Crippen LogP contribution is 2.17. The molecule has 0 fully saturated rings. The van der Waals surface area contributed by atoms with E-state index in [1.54, 1.807) is 0 Å². The average Bonchev–Trinajstić information content (AvgIpc) is 2.77. The van der Waals surface area contributed by atoms with Gasteiger partial charge in [-0.2, -0.15) is 0 Å². The van der Waals surface area contributed by atoms with Gasteiger partial charge in [0.2, 0.25) is 5.89 Å². The number of pyridine rings is 1. The Kier molecular flexibility index (Phi) is 2.59. The number of carbonyl (C=O) groups is 1. The lowest BCUT2D eigenvalue weighted by Gasteiger charge is -1.93. The summed E-state index contributed by atoms with van der Waals surface area (Å²) in [6, 6.07) is 1.17. The third-order valence-corrected chi connectivity index (χ3v) is 1.74. The van der Waals surface area contributed by atoms with Gasteiger partial charge in [-0.05, 0) is 6.07 Å². The van der Waals surface area contributed by atoms with E-state index >= 15 is 0 Å². The van der Waals surface area contributed by atoms with E-state index in [0.717, 1.165) is 6.20 Å². The van der Waals surface area contributed by atoms with Crippen molar-refractivity contribution < 1.29 is 18.3 Å². The number of ether oxygens (including phenoxy) is 1. The molecule has 0 aliphatic carbocycles. The molecule has 0 aromatic carbocycles. The number of nitrogens with zero attached hydrogens (tertiary/aromatic N) is 3. The molecule has 0 saturated carbocycles. The highest BCUT2D eigenvalue weighted by atomic mass is 19.1. The molecule has 2 heterocycles. The summed E-state index contributed by atoms with van der Waals surface area (Å²) in [7, 11) is 1.19. The molecular formula is C9H6FN3O3. The Morgan fingerprint density at radius 2 is 2.25 bits per heavy atom. The smallest absolute Gasteiger partial charge is 0.396 e. The first-order valence-corrected chi connectivity index (χ1v) is 4.23. The Morgan fingerprint density at radius 3 is 2.94 bits per heavy atom. The molecule has 6 nitrogen and oxygen atoms in total. The molecule has 0 bridgehead atoms. The molecule has 82 valence electrons. The van der Waals surface area contributed by atoms with Gasteiger partial charge in [0.05, 0.1) is 18.9 Å². The van der Waals surface area contributed by atoms with Gasteiger partial charge in [0.1, 0.15) is 5.82 Å². The summed E-state index contributed by atoms with van der Waals surface area (Å²) in [5.74, 6) is -1.56. The predicted molar refractivity (Wildman–Crippen MR) is 48.8 cm³/mol. The fourth-order valence-corrected chi connectivity index (χ4v) is 1.04. The summed E-state index contributed by atoms with van der Waals surface area (Å²) in [4.78, 5) is 14.6. The first-order chi connectivity index (χ1) is 7.70. The number of aromatic nitrogens is 3. The zero-order valence-electron chi connectivity index (χ0n) is 8.18. The molecule has 0 saturated heterocycles. The zero-order chi connectivity index (χ0) is 11.5. The Bertz CT molecular complexity index is 526. The molecule has 0 radical (unpaired) electrons. The van der Waals surface area contributed by atoms with E-state index < -0.39 is 11.8 Å². The molecule has 7 heteroatoms. The minimum absolute atomic E-state index is 0.00685. The molecule has 2 aromatic rings. The topological polar surface area (TPSA) is 78.1 Å². The Morgan fingerprint density at radius 1 is 1.44 bits per heavy atom. The first kappa shape index (κ1) is 10.2. The number of rotatable bonds is 2. The number of hydrogen-bond donors (Lipinski definition) is 0. The third kappa shape index (κ3) is 1.88. The molecule has 0 spiro atoms. The largest absolute Gasteiger partial charge is 0.462 e. The average molecular weight is 223 g/mol. The maximum Gasteiger partial charge on any atom is 0.396 e. The Hall–Kier alpha value is -2.31. The van der Waals surface area contributed by atoms with Crippen molar-refractivity contribution in [3.63, 3.8) is 0 Å². The van der Waals surface area contributed by atoms with Crippen LogP contribution < -0.4 is 0 Å². The van der Waals surface area contributed by atoms with Crippen LogP contribution in [-0.2, 0) is 4.74 Å². The molecular weight excluding hydrogens is 217 g/mol. The zero-order valence-corrected chi connectivity index (χ0v) is 8.18. The highest BCUT2D eigenvalue weighted by molar-refractivity contribution is 5.84. The maximum absolute atomic E-state index is 12.8. The maximum atomic E-state index is 12.8. The molecule has 0 aliphatic heterocycles. The first-order valence-electron chi connectivity index (χ1n) is 4.23. The molecule has 0 atom stereocenters. The van der Waals surface area contributed by atoms with Crippen molar-refractivity contribution in [1.29, 1.82) is 0 Å². The summed E-state index contributed by atoms with van der Waals surface area (Å²) in [5, 5.41) is 7.02. The van der Waals surface area contributed by atoms with Crippen LogP contribution in [0.1, 0.15) is 10.7 Å². The van der Waals surface area contributed by atoms with E-state index in [1.165, 1.54) is 19.4 Å². The van der Waals surface area contributed by atoms with Gasteiger partial charge in [0.25, 0.3) is 0 Å². The summed E-state index contributed by atoms with van der Waals surface area (Å²) >= 11 is 0. The van der Waals surface area contributed by atoms with Gasteiger partial charge >= 0.3 is 11.9 Å². The van der Waals surface area contributed by atoms with Crippen LogP contribution in [0.4, 0.5) is 4.39 Å². The number of halogens is 1. The van der Waals surface area contributed by atoms with Crippen molar-refractivity contribution in [2.45, 2.75) is 0 Å². The summed E-state index contributed by atoms with van der Waals surface area (Å²) in [6.07, 6.45) is 2.39. The highest BCUT2D eigenvalue weighted by Gasteiger charge is 2.16. The van der Waals surface area contributed by atoms with E-state index in [-0.39, 0.29) is 11.8 Å². The normalized spacial score (nSPS) is 10.1. The van der Waals surface area contributed by atoms with Crippen molar-refractivity contribution in [3.05, 3.63) is 30.2 Å². The second-order valence-electron chi connectivity index (χ2n) is 2.80. The van der Waals surface area contributed by atoms with E-state index in [1.807, 2.05) is 0 Å². The van der Waals surface area contributed by atoms with E-state index in [4.69, 9.17) is 4.42 Å². The fraction of sp³-hybridized carbons (Fsp3) is 0.111. The number of methoxy groups -OCH3 is 1. The van der Waals surface area contributed by atoms with Gasteiger partial charge in [-0.3, -0.25) is 4.98 Å². The summed E-state index contributed by atoms with van der Waals surface area (Å²) in [5.41, 5.74) is 0.294. The van der Waals surface area contributed by atoms with E-state index in [9.17, 15) is 9.18 Å². The summed E-state index contributed by atoms with van der Waals surface area (Å²) < 4.78 is 22.2. The van der Waals surface area contributed by atoms with Crippen molar-refractivity contribution in [1.82, 2.24) is 15.2 Å². The molecule has 0 unspecified atom stereocenters. The lowest BCUT2D eigenvalue weighted by atomic mass is 10.3. The van der Waals surface area contributed by atoms with Gasteiger partial charge in [-0.1, -0.05) is 0 Å². The van der Waals surface area contributed by atoms with Crippen LogP contribution >= 0.6 is 0 Å². The number of hydrogen-bond acceptors (Lipinski definition) is 6. The van der Waals surface area contributed by atoms with Crippen LogP contribution in [0, 0.1) is 5.82 Å². The minimum atomic E-state index is -0.747. The summed E-state index contributed by atoms with van der Waals surface area (Å²) in [6.45, 7) is 0. The van der Waals surface area contributed by atoms with Crippen LogP contribution in [-0.4, -0.2) is 28.3 Å². The monoisotopic (exact) mass is 223 g/mol. The van der Waals surface area contributed by atoms with Crippen molar-refractivity contribution in [2.75, 3.05) is 7.11 Å². The predicted octanol–water partition coefficient (Wildman–Crippen LogP) is 1.06. The molecule has 0 N–H and O–H groups in total. The van der Waals surface area contributed by atoms with Crippen LogP contribution in [0.25, 0.3) is 11.5 Å². The van der Waals surface area contributed by atoms with E-state index in [0.29, 0.717) is 5.56 Å². The Labute approximate surface area is 89.1 Å². The standard InChI is InChI=1S/C9H6FN3O3/c1-15-9(14)8-13-12-7(16-8)5-2-6(10)4-11-3-5/h2-4H,1H3. The number of carbonyl (C=O) groups excluding carboxylic acids is 1. The van der Waals surface area contributed by atoms with Crippen LogP contribution in [0.2, 0.25) is 0 Å². The second kappa shape index (κ2) is 4.05. The van der Waals surface area contributed by atoms with Gasteiger partial charge in [-0.15, -0.1) is 10.2 Å². The molecule has 0 amide bonds. The SMILES string of the molecule is COC(=O)c1nnc(-c2cncc(F)c2)o1. The fourth-order valence-electron chi connectivity index (χ4n) is 1.04. The second-order valence-corrected chi connectivity index (χ2v) is 2.80. The quantitative estimate of drug-likeness (QED) is 0.708. The van der Waals surface area contributed by atoms with Gasteiger partial charge < -0.3 is 9.15 Å². The van der Waals surface area contributed by atoms with Gasteiger partial charge in [-0.25, -0.2) is 9.18 Å². The van der Waals surface area contributed by atoms with Crippen molar-refractivity contribution in [3.8, 4) is 11.5 Å². The van der Waals surface area contributed by atoms with Gasteiger partial charge in [0.15, 0.2) is 0 Å². The van der Waals surface area contributed by atoms with Crippen molar-refractivity contribution >= 4 is 5.97 Å². The van der Waals surface area contributed by atoms with Crippen LogP contribution in [0.3, 0.4) is 0 Å². The molecule has 0 aliphatic rings. The molecule has 2 rings (SSSR count). The molecule has 2 aromatic heterocycles. The lowest BCUT2D eigenvalue weighted by molar-refractivity contribution is 0.0556. The van der Waals surface area contributed by atoms with E-state index in [2.05, 4.69) is 19.9 Å². The Balaban J connectivity index is 2.35. The lowest BCUT2D eigenvalue weighted by Crippen LogP contribution is -2.00. The number of esters is 1. The minimum Gasteiger partial charge on any atom is -0.462 e. The van der Waals surface area contributed by atoms with Crippen LogP contribution in [0.15, 0.2) is 22.9 Å².